The molecule has 0 aromatic rings. The first kappa shape index (κ1) is 21.7. The summed E-state index contributed by atoms with van der Waals surface area (Å²) in [5.74, 6) is 2.03. The molecule has 26 heavy (non-hydrogen) atoms. The predicted octanol–water partition coefficient (Wildman–Crippen LogP) is 3.76. The molecule has 3 saturated heterocycles. The molecule has 1 saturated carbocycles. The summed E-state index contributed by atoms with van der Waals surface area (Å²) in [6, 6.07) is 0.944. The van der Waals surface area contributed by atoms with Crippen LogP contribution in [0, 0.1) is 17.3 Å². The van der Waals surface area contributed by atoms with Gasteiger partial charge in [-0.05, 0) is 63.5 Å². The number of likely N-dealkylation sites (tertiary alicyclic amines) is 2. The number of carbonyl (C=O) groups excluding carboxylic acids is 1. The zero-order chi connectivity index (χ0) is 19.0. The van der Waals surface area contributed by atoms with Gasteiger partial charge in [0.15, 0.2) is 0 Å². The fourth-order valence-corrected chi connectivity index (χ4v) is 4.93. The van der Waals surface area contributed by atoms with Crippen molar-refractivity contribution in [2.24, 2.45) is 17.3 Å². The fourth-order valence-electron chi connectivity index (χ4n) is 4.93. The van der Waals surface area contributed by atoms with E-state index in [4.69, 9.17) is 0 Å². The van der Waals surface area contributed by atoms with Gasteiger partial charge in [-0.1, -0.05) is 34.1 Å². The minimum Gasteiger partial charge on any atom is -0.344 e. The van der Waals surface area contributed by atoms with Crippen LogP contribution in [0.1, 0.15) is 72.6 Å². The monoisotopic (exact) mass is 365 g/mol. The Morgan fingerprint density at radius 2 is 1.58 bits per heavy atom. The molecular weight excluding hydrogens is 322 g/mol. The summed E-state index contributed by atoms with van der Waals surface area (Å²) < 4.78 is 0. The molecule has 1 N–H and O–H groups in total. The van der Waals surface area contributed by atoms with Gasteiger partial charge >= 0.3 is 0 Å². The molecule has 0 aromatic carbocycles. The van der Waals surface area contributed by atoms with Crippen LogP contribution in [0.15, 0.2) is 0 Å². The highest BCUT2D eigenvalue weighted by atomic mass is 16.1. The Kier molecular flexibility index (Phi) is 8.89. The van der Waals surface area contributed by atoms with Crippen molar-refractivity contribution < 1.29 is 4.79 Å². The minimum absolute atomic E-state index is 0.501. The van der Waals surface area contributed by atoms with E-state index in [1.165, 1.54) is 58.0 Å². The zero-order valence-electron chi connectivity index (χ0n) is 17.8. The van der Waals surface area contributed by atoms with E-state index >= 15 is 0 Å². The van der Waals surface area contributed by atoms with Crippen LogP contribution in [-0.4, -0.2) is 61.5 Å². The second-order valence-corrected chi connectivity index (χ2v) is 8.92. The lowest BCUT2D eigenvalue weighted by Gasteiger charge is -2.54. The highest BCUT2D eigenvalue weighted by Crippen LogP contribution is 2.32. The number of carbonyl (C=O) groups is 1. The number of piperidine rings is 1. The van der Waals surface area contributed by atoms with E-state index in [0.29, 0.717) is 5.41 Å². The van der Waals surface area contributed by atoms with Crippen LogP contribution >= 0.6 is 0 Å². The van der Waals surface area contributed by atoms with E-state index in [0.717, 1.165) is 50.5 Å². The second-order valence-electron chi connectivity index (χ2n) is 8.92. The molecular formula is C22H43N3O. The van der Waals surface area contributed by atoms with Gasteiger partial charge in [0.25, 0.3) is 0 Å². The molecule has 152 valence electrons. The molecule has 3 aliphatic heterocycles. The molecule has 4 fully saturated rings. The molecule has 0 atom stereocenters. The van der Waals surface area contributed by atoms with Crippen molar-refractivity contribution >= 4 is 6.41 Å². The smallest absolute Gasteiger partial charge is 0.209 e. The van der Waals surface area contributed by atoms with Crippen molar-refractivity contribution in [3.05, 3.63) is 0 Å². The lowest BCUT2D eigenvalue weighted by molar-refractivity contribution is -0.132. The Hall–Kier alpha value is -0.610. The Morgan fingerprint density at radius 3 is 2.00 bits per heavy atom. The molecule has 1 amide bonds. The van der Waals surface area contributed by atoms with Crippen LogP contribution < -0.4 is 5.32 Å². The summed E-state index contributed by atoms with van der Waals surface area (Å²) >= 11 is 0. The van der Waals surface area contributed by atoms with Crippen molar-refractivity contribution in [2.75, 3.05) is 39.3 Å². The number of amides is 1. The van der Waals surface area contributed by atoms with E-state index in [9.17, 15) is 4.79 Å². The van der Waals surface area contributed by atoms with Gasteiger partial charge in [-0.25, -0.2) is 0 Å². The Bertz CT molecular complexity index is 386. The normalized spacial score (nSPS) is 30.8. The van der Waals surface area contributed by atoms with Crippen LogP contribution in [0.2, 0.25) is 0 Å². The van der Waals surface area contributed by atoms with Crippen molar-refractivity contribution in [3.63, 3.8) is 0 Å². The third-order valence-electron chi connectivity index (χ3n) is 6.95. The molecule has 0 bridgehead atoms. The Balaban J connectivity index is 0.000000188. The molecule has 4 heteroatoms. The molecule has 4 rings (SSSR count). The van der Waals surface area contributed by atoms with E-state index in [-0.39, 0.29) is 0 Å². The van der Waals surface area contributed by atoms with Gasteiger partial charge in [0.05, 0.1) is 0 Å². The van der Waals surface area contributed by atoms with Gasteiger partial charge in [-0.3, -0.25) is 4.79 Å². The van der Waals surface area contributed by atoms with Gasteiger partial charge in [0, 0.05) is 37.6 Å². The third kappa shape index (κ3) is 5.69. The topological polar surface area (TPSA) is 35.6 Å². The van der Waals surface area contributed by atoms with Crippen molar-refractivity contribution in [1.29, 1.82) is 0 Å². The number of nitrogens with one attached hydrogen (secondary N) is 1. The van der Waals surface area contributed by atoms with E-state index in [2.05, 4.69) is 24.1 Å². The number of hydrogen-bond acceptors (Lipinski definition) is 3. The van der Waals surface area contributed by atoms with Crippen LogP contribution in [0.3, 0.4) is 0 Å². The average Bonchev–Trinajstić information content (AvgIpc) is 2.63. The molecule has 1 aliphatic carbocycles. The zero-order valence-corrected chi connectivity index (χ0v) is 17.8. The van der Waals surface area contributed by atoms with Gasteiger partial charge in [-0.2, -0.15) is 0 Å². The maximum atomic E-state index is 10.1. The summed E-state index contributed by atoms with van der Waals surface area (Å²) in [6.07, 6.45) is 11.1. The van der Waals surface area contributed by atoms with Crippen LogP contribution in [0.25, 0.3) is 0 Å². The molecule has 4 nitrogen and oxygen atoms in total. The second kappa shape index (κ2) is 10.7. The van der Waals surface area contributed by atoms with Crippen LogP contribution in [0.5, 0.6) is 0 Å². The van der Waals surface area contributed by atoms with Gasteiger partial charge in [0.2, 0.25) is 6.41 Å². The SMILES string of the molecule is CC.CCC1CCN(C2CCC(C)CC2)CC1.O=CN1CC2(CNC2)C1. The number of hydrogen-bond donors (Lipinski definition) is 1. The molecule has 3 heterocycles. The maximum absolute atomic E-state index is 10.1. The van der Waals surface area contributed by atoms with Crippen LogP contribution in [0.4, 0.5) is 0 Å². The summed E-state index contributed by atoms with van der Waals surface area (Å²) in [6.45, 7) is 15.7. The van der Waals surface area contributed by atoms with Crippen LogP contribution in [-0.2, 0) is 4.79 Å². The fraction of sp³-hybridized carbons (Fsp3) is 0.955. The first-order valence-corrected chi connectivity index (χ1v) is 11.3. The quantitative estimate of drug-likeness (QED) is 0.774. The van der Waals surface area contributed by atoms with Gasteiger partial charge in [0.1, 0.15) is 0 Å². The summed E-state index contributed by atoms with van der Waals surface area (Å²) in [7, 11) is 0. The number of nitrogens with zero attached hydrogens (tertiary/aromatic N) is 2. The lowest BCUT2D eigenvalue weighted by atomic mass is 9.75. The first-order chi connectivity index (χ1) is 12.6. The lowest BCUT2D eigenvalue weighted by Crippen LogP contribution is -2.70. The Labute approximate surface area is 162 Å². The first-order valence-electron chi connectivity index (χ1n) is 11.3. The predicted molar refractivity (Wildman–Crippen MR) is 110 cm³/mol. The van der Waals surface area contributed by atoms with Crippen molar-refractivity contribution in [3.8, 4) is 0 Å². The molecule has 0 radical (unpaired) electrons. The standard InChI is InChI=1S/C14H27N.C6H10N2O.C2H6/c1-3-13-8-10-15(11-9-13)14-6-4-12(2)5-7-14;9-5-8-3-6(4-8)1-7-2-6;1-2/h12-14H,3-11H2,1-2H3;5,7H,1-4H2;1-2H3. The molecule has 4 aliphatic rings. The van der Waals surface area contributed by atoms with Crippen molar-refractivity contribution in [1.82, 2.24) is 15.1 Å². The molecule has 1 spiro atoms. The van der Waals surface area contributed by atoms with Gasteiger partial charge < -0.3 is 15.1 Å². The average molecular weight is 366 g/mol. The van der Waals surface area contributed by atoms with E-state index < -0.39 is 0 Å². The Morgan fingerprint density at radius 1 is 1.00 bits per heavy atom. The highest BCUT2D eigenvalue weighted by Gasteiger charge is 2.46. The molecule has 0 unspecified atom stereocenters. The third-order valence-corrected chi connectivity index (χ3v) is 6.95. The van der Waals surface area contributed by atoms with Crippen molar-refractivity contribution in [2.45, 2.75) is 78.7 Å². The van der Waals surface area contributed by atoms with E-state index in [1.54, 1.807) is 0 Å². The number of rotatable bonds is 3. The maximum Gasteiger partial charge on any atom is 0.209 e. The largest absolute Gasteiger partial charge is 0.344 e. The van der Waals surface area contributed by atoms with E-state index in [1.807, 2.05) is 18.7 Å². The summed E-state index contributed by atoms with van der Waals surface area (Å²) in [5, 5.41) is 3.21. The summed E-state index contributed by atoms with van der Waals surface area (Å²) in [5.41, 5.74) is 0.501. The molecule has 0 aromatic heterocycles. The van der Waals surface area contributed by atoms with Gasteiger partial charge in [-0.15, -0.1) is 0 Å². The highest BCUT2D eigenvalue weighted by molar-refractivity contribution is 5.49. The minimum atomic E-state index is 0.501. The summed E-state index contributed by atoms with van der Waals surface area (Å²) in [4.78, 5) is 14.7.